The molecular weight excluding hydrogens is 579 g/mol. The standard InChI is InChI=1S/C42H26N3S/c1-2-11-26(12-3-1)43-34-16-6-4-13-28(34)31-23-27(21-22-35(31)43)44-36-17-7-8-18-37(36)45-39-25-41-33(29-14-5-9-20-40(29)46-41)24-32(39)30-15-10-19-38(44)42(30)45/h1-25,42H/q+1. The largest absolute Gasteiger partial charge is 0.318 e. The van der Waals surface area contributed by atoms with Gasteiger partial charge in [0.2, 0.25) is 17.1 Å². The molecule has 0 N–H and O–H groups in total. The minimum absolute atomic E-state index is 0.110. The van der Waals surface area contributed by atoms with Crippen molar-refractivity contribution in [2.75, 3.05) is 4.90 Å². The average Bonchev–Trinajstić information content (AvgIpc) is 3.76. The van der Waals surface area contributed by atoms with Gasteiger partial charge in [0, 0.05) is 66.5 Å². The minimum Gasteiger partial charge on any atom is -0.318 e. The highest BCUT2D eigenvalue weighted by Gasteiger charge is 2.48. The molecule has 1 unspecified atom stereocenters. The normalized spacial score (nSPS) is 16.4. The van der Waals surface area contributed by atoms with Crippen molar-refractivity contribution in [2.45, 2.75) is 6.04 Å². The number of thiophene rings is 1. The molecule has 4 heteroatoms. The number of aromatic nitrogens is 1. The lowest BCUT2D eigenvalue weighted by Gasteiger charge is -2.32. The van der Waals surface area contributed by atoms with Gasteiger partial charge >= 0.3 is 0 Å². The van der Waals surface area contributed by atoms with Gasteiger partial charge in [-0.25, -0.2) is 0 Å². The Morgan fingerprint density at radius 2 is 1.37 bits per heavy atom. The highest BCUT2D eigenvalue weighted by molar-refractivity contribution is 7.25. The predicted octanol–water partition coefficient (Wildman–Crippen LogP) is 10.9. The van der Waals surface area contributed by atoms with Gasteiger partial charge in [0.1, 0.15) is 11.7 Å². The molecule has 3 aliphatic rings. The Morgan fingerprint density at radius 1 is 0.587 bits per heavy atom. The van der Waals surface area contributed by atoms with Crippen molar-refractivity contribution >= 4 is 87.3 Å². The number of hydrogen-bond acceptors (Lipinski definition) is 2. The second kappa shape index (κ2) is 8.94. The second-order valence-corrected chi connectivity index (χ2v) is 13.4. The van der Waals surface area contributed by atoms with E-state index in [1.54, 1.807) is 0 Å². The minimum atomic E-state index is 0.110. The Balaban J connectivity index is 1.17. The van der Waals surface area contributed by atoms with Crippen LogP contribution < -0.4 is 9.48 Å². The van der Waals surface area contributed by atoms with E-state index in [4.69, 9.17) is 0 Å². The van der Waals surface area contributed by atoms with Crippen LogP contribution >= 0.6 is 11.3 Å². The Bertz CT molecular complexity index is 2700. The molecule has 11 rings (SSSR count). The molecule has 1 atom stereocenters. The van der Waals surface area contributed by atoms with Crippen molar-refractivity contribution in [1.29, 1.82) is 0 Å². The van der Waals surface area contributed by atoms with Gasteiger partial charge in [-0.3, -0.25) is 0 Å². The summed E-state index contributed by atoms with van der Waals surface area (Å²) in [6.07, 6.45) is 6.89. The first-order valence-electron chi connectivity index (χ1n) is 15.8. The van der Waals surface area contributed by atoms with E-state index in [0.717, 1.165) is 0 Å². The van der Waals surface area contributed by atoms with E-state index >= 15 is 0 Å². The smallest absolute Gasteiger partial charge is 0.235 e. The third-order valence-corrected chi connectivity index (χ3v) is 11.1. The predicted molar refractivity (Wildman–Crippen MR) is 196 cm³/mol. The summed E-state index contributed by atoms with van der Waals surface area (Å²) in [5.74, 6) is 0. The molecule has 2 aromatic heterocycles. The number of nitrogens with zero attached hydrogens (tertiary/aromatic N) is 3. The molecule has 0 fully saturated rings. The second-order valence-electron chi connectivity index (χ2n) is 12.4. The van der Waals surface area contributed by atoms with Crippen LogP contribution in [0.4, 0.5) is 22.7 Å². The quantitative estimate of drug-likeness (QED) is 0.179. The molecule has 0 amide bonds. The van der Waals surface area contributed by atoms with Crippen LogP contribution in [0.1, 0.15) is 5.56 Å². The SMILES string of the molecule is C1=CC2=[N+](c3ccc4c(c3)c3ccccc3n4-c3ccccc3)c3ccccc3N3c4cc5sc6ccccc6c5cc4C(=C1)C23. The highest BCUT2D eigenvalue weighted by atomic mass is 32.1. The monoisotopic (exact) mass is 604 g/mol. The molecule has 0 saturated heterocycles. The number of anilines is 2. The number of fused-ring (bicyclic) bond motifs is 11. The Hall–Kier alpha value is -5.71. The summed E-state index contributed by atoms with van der Waals surface area (Å²) in [4.78, 5) is 2.58. The number of hydrogen-bond donors (Lipinski definition) is 0. The molecular formula is C42H26N3S+. The topological polar surface area (TPSA) is 11.2 Å². The third-order valence-electron chi connectivity index (χ3n) is 10.0. The van der Waals surface area contributed by atoms with Gasteiger partial charge in [0.05, 0.1) is 16.7 Å². The van der Waals surface area contributed by atoms with Gasteiger partial charge in [-0.05, 0) is 54.1 Å². The van der Waals surface area contributed by atoms with Crippen LogP contribution in [0.3, 0.4) is 0 Å². The lowest BCUT2D eigenvalue weighted by Crippen LogP contribution is -2.43. The van der Waals surface area contributed by atoms with Crippen LogP contribution in [0, 0.1) is 0 Å². The fourth-order valence-electron chi connectivity index (χ4n) is 8.14. The first kappa shape index (κ1) is 24.6. The first-order chi connectivity index (χ1) is 22.8. The fraction of sp³-hybridized carbons (Fsp3) is 0.0238. The molecule has 0 spiro atoms. The third kappa shape index (κ3) is 3.14. The van der Waals surface area contributed by atoms with Crippen molar-refractivity contribution in [2.24, 2.45) is 0 Å². The maximum Gasteiger partial charge on any atom is 0.235 e. The molecule has 214 valence electrons. The van der Waals surface area contributed by atoms with Gasteiger partial charge in [-0.2, -0.15) is 4.58 Å². The van der Waals surface area contributed by atoms with Crippen molar-refractivity contribution in [3.8, 4) is 5.69 Å². The van der Waals surface area contributed by atoms with Crippen LogP contribution in [0.2, 0.25) is 0 Å². The maximum atomic E-state index is 2.58. The number of benzene rings is 6. The van der Waals surface area contributed by atoms with Crippen LogP contribution in [0.15, 0.2) is 152 Å². The zero-order valence-corrected chi connectivity index (χ0v) is 25.6. The van der Waals surface area contributed by atoms with E-state index in [0.29, 0.717) is 0 Å². The van der Waals surface area contributed by atoms with Crippen LogP contribution in [-0.4, -0.2) is 16.3 Å². The van der Waals surface area contributed by atoms with Gasteiger partial charge in [-0.15, -0.1) is 11.3 Å². The molecule has 6 aromatic carbocycles. The fourth-order valence-corrected chi connectivity index (χ4v) is 9.26. The first-order valence-corrected chi connectivity index (χ1v) is 16.6. The van der Waals surface area contributed by atoms with E-state index in [9.17, 15) is 0 Å². The van der Waals surface area contributed by atoms with Gasteiger partial charge in [0.25, 0.3) is 0 Å². The zero-order valence-electron chi connectivity index (χ0n) is 24.8. The molecule has 0 saturated carbocycles. The molecule has 8 aromatic rings. The summed E-state index contributed by atoms with van der Waals surface area (Å²) < 4.78 is 7.57. The van der Waals surface area contributed by atoms with Crippen LogP contribution in [0.25, 0.3) is 53.2 Å². The summed E-state index contributed by atoms with van der Waals surface area (Å²) in [6, 6.07) is 49.2. The Labute approximate surface area is 269 Å². The average molecular weight is 605 g/mol. The number of rotatable bonds is 2. The summed E-state index contributed by atoms with van der Waals surface area (Å²) >= 11 is 1.89. The summed E-state index contributed by atoms with van der Waals surface area (Å²) in [7, 11) is 0. The van der Waals surface area contributed by atoms with E-state index < -0.39 is 0 Å². The number of para-hydroxylation sites is 4. The Morgan fingerprint density at radius 3 is 2.30 bits per heavy atom. The van der Waals surface area contributed by atoms with E-state index in [-0.39, 0.29) is 6.04 Å². The lowest BCUT2D eigenvalue weighted by molar-refractivity contribution is 0.932. The summed E-state index contributed by atoms with van der Waals surface area (Å²) in [5.41, 5.74) is 12.5. The van der Waals surface area contributed by atoms with Gasteiger partial charge in [-0.1, -0.05) is 78.9 Å². The lowest BCUT2D eigenvalue weighted by atomic mass is 9.91. The molecule has 46 heavy (non-hydrogen) atoms. The van der Waals surface area contributed by atoms with Gasteiger partial charge < -0.3 is 9.47 Å². The molecule has 0 bridgehead atoms. The molecule has 1 aliphatic carbocycles. The van der Waals surface area contributed by atoms with Crippen molar-refractivity contribution in [1.82, 2.24) is 9.14 Å². The Kier molecular flexibility index (Phi) is 4.78. The molecule has 0 radical (unpaired) electrons. The van der Waals surface area contributed by atoms with Crippen LogP contribution in [0.5, 0.6) is 0 Å². The van der Waals surface area contributed by atoms with E-state index in [1.165, 1.54) is 87.3 Å². The summed E-state index contributed by atoms with van der Waals surface area (Å²) in [6.45, 7) is 0. The van der Waals surface area contributed by atoms with Crippen molar-refractivity contribution < 1.29 is 0 Å². The van der Waals surface area contributed by atoms with E-state index in [2.05, 4.69) is 166 Å². The summed E-state index contributed by atoms with van der Waals surface area (Å²) in [5, 5.41) is 5.22. The van der Waals surface area contributed by atoms with Gasteiger partial charge in [0.15, 0.2) is 0 Å². The molecule has 3 nitrogen and oxygen atoms in total. The number of allylic oxidation sites excluding steroid dienone is 2. The van der Waals surface area contributed by atoms with E-state index in [1.807, 2.05) is 11.3 Å². The molecule has 2 aliphatic heterocycles. The highest BCUT2D eigenvalue weighted by Crippen LogP contribution is 2.54. The van der Waals surface area contributed by atoms with Crippen molar-refractivity contribution in [3.05, 3.63) is 157 Å². The maximum absolute atomic E-state index is 2.58. The van der Waals surface area contributed by atoms with Crippen LogP contribution in [-0.2, 0) is 0 Å². The molecule has 4 heterocycles. The van der Waals surface area contributed by atoms with Crippen molar-refractivity contribution in [3.63, 3.8) is 0 Å². The zero-order chi connectivity index (χ0) is 29.9.